The van der Waals surface area contributed by atoms with Crippen LogP contribution >= 0.6 is 0 Å². The highest BCUT2D eigenvalue weighted by molar-refractivity contribution is 5.78. The minimum absolute atomic E-state index is 0.273. The molecule has 4 nitrogen and oxygen atoms in total. The van der Waals surface area contributed by atoms with Crippen molar-refractivity contribution in [2.75, 3.05) is 18.9 Å². The molecule has 104 valence electrons. The second kappa shape index (κ2) is 6.02. The van der Waals surface area contributed by atoms with Crippen LogP contribution in [0.1, 0.15) is 20.3 Å². The van der Waals surface area contributed by atoms with E-state index in [1.165, 1.54) is 12.1 Å². The zero-order chi connectivity index (χ0) is 13.8. The second-order valence-corrected chi connectivity index (χ2v) is 5.08. The number of benzene rings is 1. The fourth-order valence-electron chi connectivity index (χ4n) is 1.99. The largest absolute Gasteiger partial charge is 0.381 e. The Balaban J connectivity index is 2.00. The highest BCUT2D eigenvalue weighted by atomic mass is 19.1. The van der Waals surface area contributed by atoms with Crippen LogP contribution in [0.15, 0.2) is 18.2 Å². The molecule has 0 aliphatic carbocycles. The van der Waals surface area contributed by atoms with Crippen LogP contribution in [-0.2, 0) is 11.3 Å². The Hall–Kier alpha value is -1.62. The minimum Gasteiger partial charge on any atom is -0.381 e. The second-order valence-electron chi connectivity index (χ2n) is 5.08. The first-order valence-corrected chi connectivity index (χ1v) is 6.57. The maximum Gasteiger partial charge on any atom is 0.201 e. The highest BCUT2D eigenvalue weighted by Crippen LogP contribution is 2.19. The molecule has 1 heterocycles. The molecule has 0 amide bonds. The summed E-state index contributed by atoms with van der Waals surface area (Å²) in [5.41, 5.74) is 7.32. The lowest BCUT2D eigenvalue weighted by molar-refractivity contribution is 0.105. The molecule has 0 fully saturated rings. The van der Waals surface area contributed by atoms with E-state index < -0.39 is 0 Å². The summed E-state index contributed by atoms with van der Waals surface area (Å²) in [5.74, 6) is 0.683. The van der Waals surface area contributed by atoms with Gasteiger partial charge in [-0.2, -0.15) is 0 Å². The molecule has 0 spiro atoms. The predicted molar refractivity (Wildman–Crippen MR) is 74.4 cm³/mol. The average molecular weight is 265 g/mol. The number of nitrogens with zero attached hydrogens (tertiary/aromatic N) is 2. The zero-order valence-electron chi connectivity index (χ0n) is 11.4. The number of nitrogens with two attached hydrogens (primary N) is 1. The van der Waals surface area contributed by atoms with E-state index in [0.29, 0.717) is 25.0 Å². The number of hydrogen-bond acceptors (Lipinski definition) is 3. The van der Waals surface area contributed by atoms with E-state index in [2.05, 4.69) is 18.8 Å². The quantitative estimate of drug-likeness (QED) is 0.817. The highest BCUT2D eigenvalue weighted by Gasteiger charge is 2.08. The number of ether oxygens (including phenoxy) is 1. The first kappa shape index (κ1) is 13.8. The van der Waals surface area contributed by atoms with Gasteiger partial charge in [-0.15, -0.1) is 0 Å². The fourth-order valence-corrected chi connectivity index (χ4v) is 1.99. The Morgan fingerprint density at radius 1 is 1.42 bits per heavy atom. The number of aromatic nitrogens is 2. The molecule has 0 saturated carbocycles. The topological polar surface area (TPSA) is 53.1 Å². The van der Waals surface area contributed by atoms with E-state index in [9.17, 15) is 4.39 Å². The van der Waals surface area contributed by atoms with Gasteiger partial charge in [0, 0.05) is 19.8 Å². The van der Waals surface area contributed by atoms with E-state index >= 15 is 0 Å². The van der Waals surface area contributed by atoms with Crippen LogP contribution < -0.4 is 5.73 Å². The van der Waals surface area contributed by atoms with Crippen LogP contribution in [0.2, 0.25) is 0 Å². The normalized spacial score (nSPS) is 11.6. The van der Waals surface area contributed by atoms with Gasteiger partial charge in [0.2, 0.25) is 5.95 Å². The van der Waals surface area contributed by atoms with Crippen LogP contribution in [0.5, 0.6) is 0 Å². The number of rotatable bonds is 6. The minimum atomic E-state index is -0.273. The van der Waals surface area contributed by atoms with Gasteiger partial charge >= 0.3 is 0 Å². The number of fused-ring (bicyclic) bond motifs is 1. The summed E-state index contributed by atoms with van der Waals surface area (Å²) in [4.78, 5) is 4.21. The first-order chi connectivity index (χ1) is 9.08. The summed E-state index contributed by atoms with van der Waals surface area (Å²) in [6.07, 6.45) is 0.832. The molecule has 19 heavy (non-hydrogen) atoms. The van der Waals surface area contributed by atoms with Gasteiger partial charge in [0.05, 0.1) is 11.0 Å². The summed E-state index contributed by atoms with van der Waals surface area (Å²) >= 11 is 0. The molecule has 0 atom stereocenters. The van der Waals surface area contributed by atoms with Crippen molar-refractivity contribution < 1.29 is 9.13 Å². The lowest BCUT2D eigenvalue weighted by Gasteiger charge is -2.08. The molecule has 2 rings (SSSR count). The van der Waals surface area contributed by atoms with Crippen LogP contribution in [0.25, 0.3) is 11.0 Å². The molecule has 2 aromatic rings. The Morgan fingerprint density at radius 2 is 2.21 bits per heavy atom. The standard InChI is InChI=1S/C14H20FN3O/c1-10(2)9-19-7-3-6-18-13-8-11(15)4-5-12(13)17-14(18)16/h4-5,8,10H,3,6-7,9H2,1-2H3,(H2,16,17). The number of anilines is 1. The SMILES string of the molecule is CC(C)COCCCn1c(N)nc2ccc(F)cc21. The molecule has 1 aromatic heterocycles. The van der Waals surface area contributed by atoms with Crippen molar-refractivity contribution >= 4 is 17.0 Å². The fraction of sp³-hybridized carbons (Fsp3) is 0.500. The summed E-state index contributed by atoms with van der Waals surface area (Å²) in [5, 5.41) is 0. The van der Waals surface area contributed by atoms with Gasteiger partial charge in [-0.25, -0.2) is 9.37 Å². The van der Waals surface area contributed by atoms with Crippen LogP contribution in [0, 0.1) is 11.7 Å². The number of aryl methyl sites for hydroxylation is 1. The molecule has 0 aliphatic rings. The van der Waals surface area contributed by atoms with E-state index in [1.807, 2.05) is 4.57 Å². The summed E-state index contributed by atoms with van der Waals surface area (Å²) in [6.45, 7) is 6.35. The number of nitrogen functional groups attached to an aromatic ring is 1. The Kier molecular flexibility index (Phi) is 4.37. The number of hydrogen-bond donors (Lipinski definition) is 1. The van der Waals surface area contributed by atoms with Gasteiger partial charge < -0.3 is 15.0 Å². The Bertz CT molecular complexity index is 551. The van der Waals surface area contributed by atoms with Crippen LogP contribution in [0.4, 0.5) is 10.3 Å². The van der Waals surface area contributed by atoms with Gasteiger partial charge in [-0.1, -0.05) is 13.8 Å². The molecule has 0 aliphatic heterocycles. The van der Waals surface area contributed by atoms with Gasteiger partial charge in [0.25, 0.3) is 0 Å². The lowest BCUT2D eigenvalue weighted by Crippen LogP contribution is -2.08. The summed E-state index contributed by atoms with van der Waals surface area (Å²) < 4.78 is 20.6. The van der Waals surface area contributed by atoms with Crippen molar-refractivity contribution in [2.24, 2.45) is 5.92 Å². The smallest absolute Gasteiger partial charge is 0.201 e. The maximum absolute atomic E-state index is 13.3. The van der Waals surface area contributed by atoms with E-state index in [-0.39, 0.29) is 5.82 Å². The van der Waals surface area contributed by atoms with Gasteiger partial charge in [-0.3, -0.25) is 0 Å². The Labute approximate surface area is 112 Å². The van der Waals surface area contributed by atoms with Crippen LogP contribution in [-0.4, -0.2) is 22.8 Å². The third kappa shape index (κ3) is 3.44. The van der Waals surface area contributed by atoms with Crippen molar-refractivity contribution in [2.45, 2.75) is 26.8 Å². The predicted octanol–water partition coefficient (Wildman–Crippen LogP) is 2.82. The van der Waals surface area contributed by atoms with Crippen LogP contribution in [0.3, 0.4) is 0 Å². The third-order valence-electron chi connectivity index (χ3n) is 2.86. The lowest BCUT2D eigenvalue weighted by atomic mass is 10.2. The average Bonchev–Trinajstić information content (AvgIpc) is 2.65. The number of imidazole rings is 1. The molecular formula is C14H20FN3O. The summed E-state index contributed by atoms with van der Waals surface area (Å²) in [6, 6.07) is 4.51. The van der Waals surface area contributed by atoms with Gasteiger partial charge in [-0.05, 0) is 30.5 Å². The first-order valence-electron chi connectivity index (χ1n) is 6.57. The molecule has 1 aromatic carbocycles. The Morgan fingerprint density at radius 3 is 2.95 bits per heavy atom. The van der Waals surface area contributed by atoms with Gasteiger partial charge in [0.1, 0.15) is 5.82 Å². The molecule has 0 radical (unpaired) electrons. The van der Waals surface area contributed by atoms with Crippen molar-refractivity contribution in [1.82, 2.24) is 9.55 Å². The molecular weight excluding hydrogens is 245 g/mol. The van der Waals surface area contributed by atoms with E-state index in [0.717, 1.165) is 24.1 Å². The zero-order valence-corrected chi connectivity index (χ0v) is 11.4. The van der Waals surface area contributed by atoms with E-state index in [4.69, 9.17) is 10.5 Å². The molecule has 5 heteroatoms. The molecule has 2 N–H and O–H groups in total. The maximum atomic E-state index is 13.3. The van der Waals surface area contributed by atoms with Crippen molar-refractivity contribution in [3.8, 4) is 0 Å². The monoisotopic (exact) mass is 265 g/mol. The number of halogens is 1. The molecule has 0 saturated heterocycles. The van der Waals surface area contributed by atoms with Gasteiger partial charge in [0.15, 0.2) is 0 Å². The molecule has 0 bridgehead atoms. The summed E-state index contributed by atoms with van der Waals surface area (Å²) in [7, 11) is 0. The van der Waals surface area contributed by atoms with Crippen molar-refractivity contribution in [3.63, 3.8) is 0 Å². The molecule has 0 unspecified atom stereocenters. The van der Waals surface area contributed by atoms with E-state index in [1.54, 1.807) is 6.07 Å². The van der Waals surface area contributed by atoms with Crippen molar-refractivity contribution in [3.05, 3.63) is 24.0 Å². The third-order valence-corrected chi connectivity index (χ3v) is 2.86. The van der Waals surface area contributed by atoms with Crippen molar-refractivity contribution in [1.29, 1.82) is 0 Å².